The van der Waals surface area contributed by atoms with Gasteiger partial charge in [-0.05, 0) is 37.9 Å². The van der Waals surface area contributed by atoms with Gasteiger partial charge in [-0.1, -0.05) is 11.6 Å². The number of thiazole rings is 1. The lowest BCUT2D eigenvalue weighted by atomic mass is 9.93. The first-order valence-corrected chi connectivity index (χ1v) is 11.6. The Hall–Kier alpha value is -1.49. The first-order chi connectivity index (χ1) is 13.3. The molecule has 2 fully saturated rings. The van der Waals surface area contributed by atoms with Crippen LogP contribution in [0.1, 0.15) is 19.3 Å². The molecule has 1 aromatic heterocycles. The summed E-state index contributed by atoms with van der Waals surface area (Å²) in [4.78, 5) is 5.41. The summed E-state index contributed by atoms with van der Waals surface area (Å²) < 4.78 is 55.5. The maximum absolute atomic E-state index is 14.6. The SMILES string of the molecule is O=S(=O)(Nc1nccs1)c1cc(Cl)c(NC[C@]23CCCN2C[C@H](F)C3)cc1F. The van der Waals surface area contributed by atoms with Gasteiger partial charge in [0.05, 0.1) is 10.7 Å². The number of benzene rings is 1. The molecule has 11 heteroatoms. The van der Waals surface area contributed by atoms with E-state index in [1.54, 1.807) is 5.38 Å². The molecular weight excluding hydrogens is 430 g/mol. The van der Waals surface area contributed by atoms with E-state index in [0.29, 0.717) is 19.5 Å². The molecule has 1 aromatic carbocycles. The van der Waals surface area contributed by atoms with E-state index in [1.165, 1.54) is 6.20 Å². The molecule has 0 unspecified atom stereocenters. The van der Waals surface area contributed by atoms with Gasteiger partial charge in [-0.25, -0.2) is 22.2 Å². The minimum Gasteiger partial charge on any atom is -0.382 e. The molecule has 2 saturated heterocycles. The number of nitrogens with one attached hydrogen (secondary N) is 2. The Bertz CT molecular complexity index is 974. The van der Waals surface area contributed by atoms with Crippen LogP contribution in [0.5, 0.6) is 0 Å². The van der Waals surface area contributed by atoms with Gasteiger partial charge < -0.3 is 5.32 Å². The summed E-state index contributed by atoms with van der Waals surface area (Å²) in [5.74, 6) is -0.925. The van der Waals surface area contributed by atoms with Crippen molar-refractivity contribution in [2.24, 2.45) is 0 Å². The minimum atomic E-state index is -4.15. The van der Waals surface area contributed by atoms with Crippen LogP contribution in [0.2, 0.25) is 5.02 Å². The zero-order valence-electron chi connectivity index (χ0n) is 14.8. The van der Waals surface area contributed by atoms with Crippen molar-refractivity contribution in [2.75, 3.05) is 29.7 Å². The van der Waals surface area contributed by atoms with Crippen LogP contribution >= 0.6 is 22.9 Å². The van der Waals surface area contributed by atoms with Crippen molar-refractivity contribution in [1.29, 1.82) is 0 Å². The van der Waals surface area contributed by atoms with E-state index in [9.17, 15) is 17.2 Å². The van der Waals surface area contributed by atoms with Gasteiger partial charge in [-0.15, -0.1) is 11.3 Å². The number of hydrogen-bond donors (Lipinski definition) is 2. The molecule has 2 aromatic rings. The normalized spacial score (nSPS) is 25.0. The summed E-state index contributed by atoms with van der Waals surface area (Å²) >= 11 is 7.31. The molecule has 152 valence electrons. The number of rotatable bonds is 6. The van der Waals surface area contributed by atoms with Crippen LogP contribution in [-0.2, 0) is 10.0 Å². The fourth-order valence-corrected chi connectivity index (χ4v) is 6.24. The van der Waals surface area contributed by atoms with Crippen LogP contribution in [0.4, 0.5) is 19.6 Å². The van der Waals surface area contributed by atoms with Crippen molar-refractivity contribution in [3.63, 3.8) is 0 Å². The number of anilines is 2. The van der Waals surface area contributed by atoms with Gasteiger partial charge in [0, 0.05) is 30.2 Å². The van der Waals surface area contributed by atoms with Crippen molar-refractivity contribution >= 4 is 43.8 Å². The van der Waals surface area contributed by atoms with Crippen LogP contribution in [0.25, 0.3) is 0 Å². The monoisotopic (exact) mass is 448 g/mol. The Labute approximate surface area is 171 Å². The molecule has 0 bridgehead atoms. The lowest BCUT2D eigenvalue weighted by molar-refractivity contribution is 0.209. The predicted octanol–water partition coefficient (Wildman–Crippen LogP) is 3.72. The molecule has 0 spiro atoms. The Morgan fingerprint density at radius 1 is 1.43 bits per heavy atom. The van der Waals surface area contributed by atoms with Gasteiger partial charge in [0.15, 0.2) is 5.13 Å². The molecule has 0 radical (unpaired) electrons. The fourth-order valence-electron chi connectivity index (χ4n) is 4.07. The van der Waals surface area contributed by atoms with E-state index >= 15 is 0 Å². The van der Waals surface area contributed by atoms with Crippen molar-refractivity contribution in [3.05, 3.63) is 34.5 Å². The first kappa shape index (κ1) is 19.8. The van der Waals surface area contributed by atoms with Crippen molar-refractivity contribution in [2.45, 2.75) is 35.9 Å². The summed E-state index contributed by atoms with van der Waals surface area (Å²) in [7, 11) is -4.15. The molecule has 4 rings (SSSR count). The van der Waals surface area contributed by atoms with Crippen molar-refractivity contribution in [1.82, 2.24) is 9.88 Å². The van der Waals surface area contributed by atoms with Gasteiger partial charge in [0.25, 0.3) is 10.0 Å². The highest BCUT2D eigenvalue weighted by atomic mass is 35.5. The van der Waals surface area contributed by atoms with Crippen molar-refractivity contribution < 1.29 is 17.2 Å². The molecule has 2 aliphatic heterocycles. The van der Waals surface area contributed by atoms with Crippen LogP contribution < -0.4 is 10.0 Å². The minimum absolute atomic E-state index is 0.0802. The largest absolute Gasteiger partial charge is 0.382 e. The maximum atomic E-state index is 14.6. The number of alkyl halides is 1. The number of sulfonamides is 1. The van der Waals surface area contributed by atoms with Gasteiger partial charge in [-0.3, -0.25) is 9.62 Å². The standard InChI is InChI=1S/C17H19ClF2N4O2S2/c18-12-6-15(28(25,26)23-16-21-3-5-27-16)13(20)7-14(12)22-10-17-2-1-4-24(17)9-11(19)8-17/h3,5-7,11,22H,1-2,4,8-10H2,(H,21,23)/t11-,17-/m1/s1. The lowest BCUT2D eigenvalue weighted by Gasteiger charge is -2.32. The molecular formula is C17H19ClF2N4O2S2. The second-order valence-electron chi connectivity index (χ2n) is 7.13. The third-order valence-corrected chi connectivity index (χ3v) is 7.82. The third-order valence-electron chi connectivity index (χ3n) is 5.33. The number of hydrogen-bond acceptors (Lipinski definition) is 6. The zero-order chi connectivity index (χ0) is 19.9. The number of nitrogens with zero attached hydrogens (tertiary/aromatic N) is 2. The number of halogens is 3. The van der Waals surface area contributed by atoms with E-state index in [1.807, 2.05) is 0 Å². The average molecular weight is 449 g/mol. The number of aromatic nitrogens is 1. The zero-order valence-corrected chi connectivity index (χ0v) is 17.2. The number of fused-ring (bicyclic) bond motifs is 1. The molecule has 0 saturated carbocycles. The Balaban J connectivity index is 1.53. The summed E-state index contributed by atoms with van der Waals surface area (Å²) in [5.41, 5.74) is -0.00740. The van der Waals surface area contributed by atoms with Crippen LogP contribution in [-0.4, -0.2) is 49.6 Å². The molecule has 0 aliphatic carbocycles. The smallest absolute Gasteiger partial charge is 0.266 e. The highest BCUT2D eigenvalue weighted by Gasteiger charge is 2.48. The molecule has 2 atom stereocenters. The average Bonchev–Trinajstić information content (AvgIpc) is 3.31. The molecule has 3 heterocycles. The first-order valence-electron chi connectivity index (χ1n) is 8.83. The van der Waals surface area contributed by atoms with E-state index in [0.717, 1.165) is 42.9 Å². The Morgan fingerprint density at radius 2 is 2.25 bits per heavy atom. The van der Waals surface area contributed by atoms with E-state index < -0.39 is 26.9 Å². The van der Waals surface area contributed by atoms with Gasteiger partial charge in [0.1, 0.15) is 16.9 Å². The summed E-state index contributed by atoms with van der Waals surface area (Å²) in [6.45, 7) is 1.70. The quantitative estimate of drug-likeness (QED) is 0.704. The van der Waals surface area contributed by atoms with Crippen LogP contribution in [0.15, 0.2) is 28.6 Å². The summed E-state index contributed by atoms with van der Waals surface area (Å²) in [6, 6.07) is 2.14. The molecule has 28 heavy (non-hydrogen) atoms. The highest BCUT2D eigenvalue weighted by molar-refractivity contribution is 7.93. The maximum Gasteiger partial charge on any atom is 0.266 e. The second kappa shape index (κ2) is 7.40. The van der Waals surface area contributed by atoms with Gasteiger partial charge in [-0.2, -0.15) is 0 Å². The summed E-state index contributed by atoms with van der Waals surface area (Å²) in [6.07, 6.45) is 2.87. The third kappa shape index (κ3) is 3.70. The van der Waals surface area contributed by atoms with Crippen LogP contribution in [0.3, 0.4) is 0 Å². The molecule has 2 aliphatic rings. The topological polar surface area (TPSA) is 74.3 Å². The van der Waals surface area contributed by atoms with Crippen LogP contribution in [0, 0.1) is 5.82 Å². The van der Waals surface area contributed by atoms with Gasteiger partial charge in [0.2, 0.25) is 0 Å². The predicted molar refractivity (Wildman–Crippen MR) is 106 cm³/mol. The van der Waals surface area contributed by atoms with Crippen molar-refractivity contribution in [3.8, 4) is 0 Å². The second-order valence-corrected chi connectivity index (χ2v) is 10.1. The van der Waals surface area contributed by atoms with Gasteiger partial charge >= 0.3 is 0 Å². The van der Waals surface area contributed by atoms with E-state index in [2.05, 4.69) is 19.9 Å². The van der Waals surface area contributed by atoms with E-state index in [4.69, 9.17) is 11.6 Å². The molecule has 2 N–H and O–H groups in total. The van der Waals surface area contributed by atoms with E-state index in [-0.39, 0.29) is 21.4 Å². The Kier molecular flexibility index (Phi) is 5.24. The molecule has 6 nitrogen and oxygen atoms in total. The molecule has 0 amide bonds. The summed E-state index contributed by atoms with van der Waals surface area (Å²) in [5, 5.41) is 4.92. The Morgan fingerprint density at radius 3 is 3.00 bits per heavy atom. The fraction of sp³-hybridized carbons (Fsp3) is 0.471. The lowest BCUT2D eigenvalue weighted by Crippen LogP contribution is -2.44. The highest BCUT2D eigenvalue weighted by Crippen LogP contribution is 2.40.